The van der Waals surface area contributed by atoms with Crippen LogP contribution >= 0.6 is 0 Å². The van der Waals surface area contributed by atoms with Gasteiger partial charge in [-0.25, -0.2) is 19.9 Å². The molecular formula is C20H17N9O2. The summed E-state index contributed by atoms with van der Waals surface area (Å²) in [6.07, 6.45) is 3.39. The largest absolute Gasteiger partial charge is 0.475 e. The summed E-state index contributed by atoms with van der Waals surface area (Å²) >= 11 is 0. The lowest BCUT2D eigenvalue weighted by molar-refractivity contribution is 0.0683. The van der Waals surface area contributed by atoms with Gasteiger partial charge >= 0.3 is 5.97 Å². The molecule has 0 atom stereocenters. The second-order valence-electron chi connectivity index (χ2n) is 6.92. The lowest BCUT2D eigenvalue weighted by atomic mass is 10.2. The van der Waals surface area contributed by atoms with E-state index in [4.69, 9.17) is 0 Å². The quantitative estimate of drug-likeness (QED) is 0.448. The minimum atomic E-state index is -1.11. The van der Waals surface area contributed by atoms with Gasteiger partial charge in [-0.3, -0.25) is 4.40 Å². The van der Waals surface area contributed by atoms with Crippen molar-refractivity contribution < 1.29 is 9.90 Å². The van der Waals surface area contributed by atoms with E-state index in [1.165, 1.54) is 10.6 Å². The van der Waals surface area contributed by atoms with Crippen LogP contribution in [0.1, 0.15) is 16.3 Å². The first-order valence-corrected chi connectivity index (χ1v) is 9.37. The average Bonchev–Trinajstić information content (AvgIpc) is 3.52. The van der Waals surface area contributed by atoms with E-state index in [0.29, 0.717) is 17.3 Å². The third-order valence-corrected chi connectivity index (χ3v) is 4.99. The van der Waals surface area contributed by atoms with Crippen LogP contribution in [0.15, 0.2) is 54.9 Å². The summed E-state index contributed by atoms with van der Waals surface area (Å²) in [5, 5.41) is 23.5. The first-order valence-electron chi connectivity index (χ1n) is 9.37. The topological polar surface area (TPSA) is 130 Å². The molecule has 154 valence electrons. The number of fused-ring (bicyclic) bond motifs is 1. The number of anilines is 2. The zero-order valence-electron chi connectivity index (χ0n) is 16.6. The van der Waals surface area contributed by atoms with E-state index in [9.17, 15) is 9.90 Å². The maximum Gasteiger partial charge on any atom is 0.372 e. The molecule has 4 aromatic heterocycles. The molecular weight excluding hydrogens is 398 g/mol. The number of nitrogens with zero attached hydrogens (tertiary/aromatic N) is 8. The van der Waals surface area contributed by atoms with Crippen LogP contribution in [0.4, 0.5) is 11.5 Å². The lowest BCUT2D eigenvalue weighted by Crippen LogP contribution is -2.17. The molecule has 0 aliphatic rings. The SMILES string of the molecule is Cc1cc(N(C)c2ccc(-n3cccc3-c3nnn[nH]3)cc2)n2c(C(=O)O)ncc2n1. The van der Waals surface area contributed by atoms with E-state index in [2.05, 4.69) is 30.6 Å². The number of carboxylic acid groups (broad SMARTS) is 1. The Balaban J connectivity index is 1.54. The highest BCUT2D eigenvalue weighted by Gasteiger charge is 2.19. The number of aromatic amines is 1. The van der Waals surface area contributed by atoms with Crippen LogP contribution < -0.4 is 4.90 Å². The van der Waals surface area contributed by atoms with Gasteiger partial charge in [0.2, 0.25) is 5.82 Å². The summed E-state index contributed by atoms with van der Waals surface area (Å²) in [7, 11) is 1.87. The number of aromatic carboxylic acids is 1. The third kappa shape index (κ3) is 3.08. The van der Waals surface area contributed by atoms with Crippen molar-refractivity contribution in [2.24, 2.45) is 0 Å². The molecule has 0 saturated carbocycles. The maximum absolute atomic E-state index is 11.6. The molecule has 0 aliphatic carbocycles. The third-order valence-electron chi connectivity index (χ3n) is 4.99. The fraction of sp³-hybridized carbons (Fsp3) is 0.100. The summed E-state index contributed by atoms with van der Waals surface area (Å²) in [6, 6.07) is 13.5. The highest BCUT2D eigenvalue weighted by molar-refractivity contribution is 5.86. The molecule has 0 saturated heterocycles. The fourth-order valence-corrected chi connectivity index (χ4v) is 3.55. The predicted octanol–water partition coefficient (Wildman–Crippen LogP) is 2.47. The van der Waals surface area contributed by atoms with E-state index in [1.807, 2.05) is 72.1 Å². The number of carboxylic acids is 1. The van der Waals surface area contributed by atoms with Gasteiger partial charge in [-0.2, -0.15) is 0 Å². The van der Waals surface area contributed by atoms with Gasteiger partial charge in [-0.05, 0) is 53.7 Å². The van der Waals surface area contributed by atoms with Crippen molar-refractivity contribution in [1.29, 1.82) is 0 Å². The zero-order chi connectivity index (χ0) is 21.5. The first kappa shape index (κ1) is 18.5. The molecule has 0 unspecified atom stereocenters. The molecule has 0 radical (unpaired) electrons. The van der Waals surface area contributed by atoms with Crippen LogP contribution in [0.2, 0.25) is 0 Å². The molecule has 0 spiro atoms. The molecule has 11 nitrogen and oxygen atoms in total. The first-order chi connectivity index (χ1) is 15.0. The molecule has 5 aromatic rings. The summed E-state index contributed by atoms with van der Waals surface area (Å²) in [5.74, 6) is 0.0259. The van der Waals surface area contributed by atoms with Crippen molar-refractivity contribution >= 4 is 23.1 Å². The molecule has 0 fully saturated rings. The Morgan fingerprint density at radius 1 is 1.19 bits per heavy atom. The van der Waals surface area contributed by atoms with E-state index in [1.54, 1.807) is 0 Å². The Morgan fingerprint density at radius 2 is 2.00 bits per heavy atom. The van der Waals surface area contributed by atoms with Gasteiger partial charge in [0.05, 0.1) is 11.9 Å². The fourth-order valence-electron chi connectivity index (χ4n) is 3.55. The van der Waals surface area contributed by atoms with Crippen LogP contribution in [-0.2, 0) is 0 Å². The minimum Gasteiger partial charge on any atom is -0.475 e. The molecule has 5 rings (SSSR count). The highest BCUT2D eigenvalue weighted by atomic mass is 16.4. The molecule has 0 aliphatic heterocycles. The number of H-pyrrole nitrogens is 1. The number of imidazole rings is 1. The smallest absolute Gasteiger partial charge is 0.372 e. The summed E-state index contributed by atoms with van der Waals surface area (Å²) < 4.78 is 3.50. The van der Waals surface area contributed by atoms with E-state index in [0.717, 1.165) is 22.8 Å². The van der Waals surface area contributed by atoms with Crippen LogP contribution in [0.5, 0.6) is 0 Å². The number of rotatable bonds is 5. The van der Waals surface area contributed by atoms with Gasteiger partial charge in [0.1, 0.15) is 5.82 Å². The molecule has 0 bridgehead atoms. The maximum atomic E-state index is 11.6. The van der Waals surface area contributed by atoms with Crippen LogP contribution in [0.3, 0.4) is 0 Å². The van der Waals surface area contributed by atoms with Crippen molar-refractivity contribution in [2.75, 3.05) is 11.9 Å². The molecule has 2 N–H and O–H groups in total. The number of hydrogen-bond donors (Lipinski definition) is 2. The average molecular weight is 415 g/mol. The lowest BCUT2D eigenvalue weighted by Gasteiger charge is -2.22. The van der Waals surface area contributed by atoms with Crippen molar-refractivity contribution in [2.45, 2.75) is 6.92 Å². The van der Waals surface area contributed by atoms with Gasteiger partial charge in [-0.1, -0.05) is 0 Å². The Bertz CT molecular complexity index is 1380. The van der Waals surface area contributed by atoms with E-state index < -0.39 is 5.97 Å². The standard InChI is InChI=1S/C20H17N9O2/c1-12-10-17(29-16(22-12)11-21-19(29)20(30)31)27(2)13-5-7-14(8-6-13)28-9-3-4-15(28)18-23-25-26-24-18/h3-11H,1-2H3,(H,30,31)(H,23,24,25,26). The number of carbonyl (C=O) groups is 1. The predicted molar refractivity (Wildman–Crippen MR) is 112 cm³/mol. The van der Waals surface area contributed by atoms with E-state index in [-0.39, 0.29) is 5.82 Å². The molecule has 1 aromatic carbocycles. The van der Waals surface area contributed by atoms with Gasteiger partial charge in [0.15, 0.2) is 11.5 Å². The van der Waals surface area contributed by atoms with Gasteiger partial charge < -0.3 is 14.6 Å². The molecule has 31 heavy (non-hydrogen) atoms. The Hall–Kier alpha value is -4.54. The van der Waals surface area contributed by atoms with Gasteiger partial charge in [0, 0.05) is 36.4 Å². The number of hydrogen-bond acceptors (Lipinski definition) is 7. The van der Waals surface area contributed by atoms with Crippen LogP contribution in [0.25, 0.3) is 22.9 Å². The number of aryl methyl sites for hydroxylation is 1. The summed E-state index contributed by atoms with van der Waals surface area (Å²) in [4.78, 5) is 21.9. The second-order valence-corrected chi connectivity index (χ2v) is 6.92. The summed E-state index contributed by atoms with van der Waals surface area (Å²) in [6.45, 7) is 1.86. The minimum absolute atomic E-state index is 0.0846. The van der Waals surface area contributed by atoms with Crippen molar-refractivity contribution in [1.82, 2.24) is 39.6 Å². The highest BCUT2D eigenvalue weighted by Crippen LogP contribution is 2.28. The van der Waals surface area contributed by atoms with Crippen LogP contribution in [0, 0.1) is 6.92 Å². The number of nitrogens with one attached hydrogen (secondary N) is 1. The Labute approximate surface area is 175 Å². The van der Waals surface area contributed by atoms with E-state index >= 15 is 0 Å². The van der Waals surface area contributed by atoms with Crippen molar-refractivity contribution in [3.63, 3.8) is 0 Å². The van der Waals surface area contributed by atoms with Crippen molar-refractivity contribution in [3.8, 4) is 17.2 Å². The molecule has 4 heterocycles. The summed E-state index contributed by atoms with van der Waals surface area (Å²) in [5.41, 5.74) is 3.88. The monoisotopic (exact) mass is 415 g/mol. The zero-order valence-corrected chi connectivity index (χ0v) is 16.6. The normalized spacial score (nSPS) is 11.2. The van der Waals surface area contributed by atoms with Gasteiger partial charge in [0.25, 0.3) is 0 Å². The number of aromatic nitrogens is 8. The Kier molecular flexibility index (Phi) is 4.21. The molecule has 11 heteroatoms. The Morgan fingerprint density at radius 3 is 2.71 bits per heavy atom. The second kappa shape index (κ2) is 7.06. The van der Waals surface area contributed by atoms with Gasteiger partial charge in [-0.15, -0.1) is 5.10 Å². The molecule has 0 amide bonds. The van der Waals surface area contributed by atoms with Crippen molar-refractivity contribution in [3.05, 3.63) is 66.4 Å². The van der Waals surface area contributed by atoms with Crippen LogP contribution in [-0.4, -0.2) is 57.7 Å². The number of benzene rings is 1. The number of tetrazole rings is 1.